The molecule has 6 nitrogen and oxygen atoms in total. The Hall–Kier alpha value is -2.84. The van der Waals surface area contributed by atoms with Gasteiger partial charge in [-0.2, -0.15) is 0 Å². The Morgan fingerprint density at radius 2 is 1.88 bits per heavy atom. The zero-order valence-corrected chi connectivity index (χ0v) is 20.7. The van der Waals surface area contributed by atoms with Gasteiger partial charge in [0.2, 0.25) is 12.7 Å². The van der Waals surface area contributed by atoms with Crippen molar-refractivity contribution in [2.75, 3.05) is 13.3 Å². The number of fused-ring (bicyclic) bond motifs is 1. The lowest BCUT2D eigenvalue weighted by molar-refractivity contribution is -0.133. The van der Waals surface area contributed by atoms with E-state index in [1.165, 1.54) is 11.3 Å². The molecular formula is C25H28N2O4S2. The molecule has 0 saturated carbocycles. The average molecular weight is 485 g/mol. The lowest BCUT2D eigenvalue weighted by atomic mass is 10.1. The van der Waals surface area contributed by atoms with E-state index in [0.29, 0.717) is 23.7 Å². The number of hydrogen-bond acceptors (Lipinski definition) is 6. The molecule has 1 unspecified atom stereocenters. The molecule has 2 amide bonds. The fraction of sp³-hybridized carbons (Fsp3) is 0.360. The van der Waals surface area contributed by atoms with Gasteiger partial charge in [-0.05, 0) is 66.4 Å². The zero-order chi connectivity index (χ0) is 23.4. The Labute approximate surface area is 202 Å². The van der Waals surface area contributed by atoms with Crippen molar-refractivity contribution in [3.63, 3.8) is 0 Å². The van der Waals surface area contributed by atoms with Gasteiger partial charge in [0.25, 0.3) is 5.91 Å². The van der Waals surface area contributed by atoms with Crippen molar-refractivity contribution in [3.8, 4) is 11.5 Å². The number of benzene rings is 1. The quantitative estimate of drug-likeness (QED) is 0.413. The van der Waals surface area contributed by atoms with E-state index in [2.05, 4.69) is 13.0 Å². The molecule has 1 atom stereocenters. The maximum atomic E-state index is 13.6. The number of rotatable bonds is 9. The van der Waals surface area contributed by atoms with Gasteiger partial charge in [0.1, 0.15) is 6.54 Å². The van der Waals surface area contributed by atoms with Gasteiger partial charge < -0.3 is 19.3 Å². The minimum atomic E-state index is -0.0944. The summed E-state index contributed by atoms with van der Waals surface area (Å²) in [5.41, 5.74) is 2.12. The van der Waals surface area contributed by atoms with Crippen LogP contribution in [0.4, 0.5) is 0 Å². The first-order valence-electron chi connectivity index (χ1n) is 11.0. The van der Waals surface area contributed by atoms with Crippen molar-refractivity contribution in [3.05, 3.63) is 68.0 Å². The van der Waals surface area contributed by atoms with Crippen LogP contribution in [0.5, 0.6) is 11.5 Å². The van der Waals surface area contributed by atoms with Crippen molar-refractivity contribution in [2.45, 2.75) is 46.3 Å². The van der Waals surface area contributed by atoms with Gasteiger partial charge >= 0.3 is 0 Å². The van der Waals surface area contributed by atoms with Gasteiger partial charge in [-0.15, -0.1) is 22.7 Å². The summed E-state index contributed by atoms with van der Waals surface area (Å²) in [6.07, 6.45) is 0.774. The second-order valence-electron chi connectivity index (χ2n) is 8.13. The highest BCUT2D eigenvalue weighted by Gasteiger charge is 2.27. The number of ether oxygens (including phenoxy) is 2. The Kier molecular flexibility index (Phi) is 7.35. The minimum absolute atomic E-state index is 0.0422. The molecule has 174 valence electrons. The van der Waals surface area contributed by atoms with Crippen molar-refractivity contribution in [1.82, 2.24) is 9.80 Å². The van der Waals surface area contributed by atoms with E-state index in [0.717, 1.165) is 28.2 Å². The number of carbonyl (C=O) groups is 2. The van der Waals surface area contributed by atoms with E-state index in [-0.39, 0.29) is 31.2 Å². The average Bonchev–Trinajstić information content (AvgIpc) is 3.58. The molecule has 3 aromatic rings. The summed E-state index contributed by atoms with van der Waals surface area (Å²) in [5, 5.41) is 3.93. The highest BCUT2D eigenvalue weighted by molar-refractivity contribution is 7.12. The second-order valence-corrected chi connectivity index (χ2v) is 10.1. The van der Waals surface area contributed by atoms with E-state index in [4.69, 9.17) is 9.47 Å². The molecule has 1 aromatic carbocycles. The standard InChI is InChI=1S/C25H28N2O4S2/c1-4-18(3)27(25(29)22-6-5-10-32-22)15-24(28)26(14-23-17(2)9-11-33-23)13-19-7-8-20-21(12-19)31-16-30-20/h5-12,18H,4,13-16H2,1-3H3. The largest absolute Gasteiger partial charge is 0.454 e. The summed E-state index contributed by atoms with van der Waals surface area (Å²) in [6, 6.07) is 11.5. The van der Waals surface area contributed by atoms with Crippen LogP contribution in [0.25, 0.3) is 0 Å². The van der Waals surface area contributed by atoms with Crippen LogP contribution >= 0.6 is 22.7 Å². The van der Waals surface area contributed by atoms with Crippen molar-refractivity contribution in [1.29, 1.82) is 0 Å². The van der Waals surface area contributed by atoms with Crippen LogP contribution in [0.15, 0.2) is 47.2 Å². The molecule has 0 fully saturated rings. The molecular weight excluding hydrogens is 456 g/mol. The third-order valence-electron chi connectivity index (χ3n) is 5.89. The fourth-order valence-electron chi connectivity index (χ4n) is 3.67. The van der Waals surface area contributed by atoms with Crippen LogP contribution in [0.3, 0.4) is 0 Å². The fourth-order valence-corrected chi connectivity index (χ4v) is 5.27. The maximum Gasteiger partial charge on any atom is 0.264 e. The van der Waals surface area contributed by atoms with Gasteiger partial charge in [-0.25, -0.2) is 0 Å². The molecule has 0 N–H and O–H groups in total. The van der Waals surface area contributed by atoms with Crippen molar-refractivity contribution in [2.24, 2.45) is 0 Å². The Balaban J connectivity index is 1.57. The lowest BCUT2D eigenvalue weighted by Gasteiger charge is -2.31. The number of thiophene rings is 2. The molecule has 0 radical (unpaired) electrons. The molecule has 0 bridgehead atoms. The van der Waals surface area contributed by atoms with Crippen LogP contribution in [-0.2, 0) is 17.9 Å². The van der Waals surface area contributed by atoms with Gasteiger partial charge in [0, 0.05) is 17.5 Å². The molecule has 2 aromatic heterocycles. The zero-order valence-electron chi connectivity index (χ0n) is 19.1. The summed E-state index contributed by atoms with van der Waals surface area (Å²) in [6.45, 7) is 7.26. The van der Waals surface area contributed by atoms with E-state index in [1.807, 2.05) is 59.8 Å². The molecule has 0 spiro atoms. The maximum absolute atomic E-state index is 13.6. The Morgan fingerprint density at radius 1 is 1.06 bits per heavy atom. The van der Waals surface area contributed by atoms with Crippen molar-refractivity contribution < 1.29 is 19.1 Å². The summed E-state index contributed by atoms with van der Waals surface area (Å²) >= 11 is 3.04. The van der Waals surface area contributed by atoms with Crippen LogP contribution in [0.1, 0.15) is 45.9 Å². The predicted octanol–water partition coefficient (Wildman–Crippen LogP) is 5.32. The molecule has 8 heteroatoms. The smallest absolute Gasteiger partial charge is 0.264 e. The van der Waals surface area contributed by atoms with Crippen LogP contribution < -0.4 is 9.47 Å². The first-order valence-corrected chi connectivity index (χ1v) is 12.8. The topological polar surface area (TPSA) is 59.1 Å². The molecule has 1 aliphatic heterocycles. The number of carbonyl (C=O) groups excluding carboxylic acids is 2. The minimum Gasteiger partial charge on any atom is -0.454 e. The van der Waals surface area contributed by atoms with E-state index >= 15 is 0 Å². The third-order valence-corrected chi connectivity index (χ3v) is 7.75. The van der Waals surface area contributed by atoms with E-state index < -0.39 is 0 Å². The van der Waals surface area contributed by atoms with Crippen molar-refractivity contribution >= 4 is 34.5 Å². The van der Waals surface area contributed by atoms with Crippen LogP contribution in [0, 0.1) is 6.92 Å². The number of amides is 2. The lowest BCUT2D eigenvalue weighted by Crippen LogP contribution is -2.46. The SMILES string of the molecule is CCC(C)N(CC(=O)N(Cc1ccc2c(c1)OCO2)Cc1sccc1C)C(=O)c1cccs1. The summed E-state index contributed by atoms with van der Waals surface area (Å²) in [5.74, 6) is 1.24. The highest BCUT2D eigenvalue weighted by atomic mass is 32.1. The Morgan fingerprint density at radius 3 is 2.58 bits per heavy atom. The van der Waals surface area contributed by atoms with E-state index in [9.17, 15) is 9.59 Å². The normalized spacial score (nSPS) is 13.1. The summed E-state index contributed by atoms with van der Waals surface area (Å²) in [4.78, 5) is 32.1. The number of hydrogen-bond donors (Lipinski definition) is 0. The predicted molar refractivity (Wildman–Crippen MR) is 131 cm³/mol. The molecule has 3 heterocycles. The summed E-state index contributed by atoms with van der Waals surface area (Å²) < 4.78 is 10.9. The monoisotopic (exact) mass is 484 g/mol. The van der Waals surface area contributed by atoms with Gasteiger partial charge in [0.15, 0.2) is 11.5 Å². The molecule has 1 aliphatic rings. The van der Waals surface area contributed by atoms with Crippen LogP contribution in [0.2, 0.25) is 0 Å². The van der Waals surface area contributed by atoms with E-state index in [1.54, 1.807) is 16.2 Å². The van der Waals surface area contributed by atoms with Crippen LogP contribution in [-0.4, -0.2) is 41.0 Å². The Bertz CT molecular complexity index is 1110. The first kappa shape index (κ1) is 23.3. The number of aryl methyl sites for hydroxylation is 1. The third kappa shape index (κ3) is 5.39. The molecule has 4 rings (SSSR count). The second kappa shape index (κ2) is 10.4. The summed E-state index contributed by atoms with van der Waals surface area (Å²) in [7, 11) is 0. The number of nitrogens with zero attached hydrogens (tertiary/aromatic N) is 2. The molecule has 33 heavy (non-hydrogen) atoms. The highest BCUT2D eigenvalue weighted by Crippen LogP contribution is 2.33. The van der Waals surface area contributed by atoms with Gasteiger partial charge in [-0.1, -0.05) is 19.1 Å². The van der Waals surface area contributed by atoms with Gasteiger partial charge in [0.05, 0.1) is 11.4 Å². The van der Waals surface area contributed by atoms with Gasteiger partial charge in [-0.3, -0.25) is 9.59 Å². The molecule has 0 aliphatic carbocycles. The first-order chi connectivity index (χ1) is 16.0. The molecule has 0 saturated heterocycles.